The normalized spacial score (nSPS) is 10.5. The minimum atomic E-state index is 0.541. The van der Waals surface area contributed by atoms with E-state index < -0.39 is 0 Å². The second-order valence-electron chi connectivity index (χ2n) is 4.01. The highest BCUT2D eigenvalue weighted by Gasteiger charge is 2.04. The monoisotopic (exact) mass is 256 g/mol. The van der Waals surface area contributed by atoms with Crippen LogP contribution in [-0.2, 0) is 6.54 Å². The van der Waals surface area contributed by atoms with Gasteiger partial charge >= 0.3 is 0 Å². The van der Waals surface area contributed by atoms with Crippen LogP contribution in [0.1, 0.15) is 38.7 Å². The van der Waals surface area contributed by atoms with Crippen molar-refractivity contribution in [2.45, 2.75) is 39.7 Å². The first-order valence-corrected chi connectivity index (χ1v) is 6.63. The lowest BCUT2D eigenvalue weighted by Crippen LogP contribution is -2.14. The molecule has 0 unspecified atom stereocenters. The second-order valence-corrected chi connectivity index (χ2v) is 4.42. The van der Waals surface area contributed by atoms with Gasteiger partial charge in [-0.15, -0.1) is 0 Å². The minimum absolute atomic E-state index is 0.541. The van der Waals surface area contributed by atoms with E-state index in [1.165, 1.54) is 0 Å². The van der Waals surface area contributed by atoms with Crippen LogP contribution in [0.5, 0.6) is 5.88 Å². The number of aromatic nitrogens is 1. The van der Waals surface area contributed by atoms with Crippen LogP contribution in [0.25, 0.3) is 0 Å². The summed E-state index contributed by atoms with van der Waals surface area (Å²) in [6.45, 7) is 6.75. The highest BCUT2D eigenvalue weighted by molar-refractivity contribution is 6.31. The standard InChI is InChI=1S/C13H21ClN2O/c1-3-5-7-17-13-12(14)8-11(10-16-13)9-15-6-4-2/h8,10,15H,3-7,9H2,1-2H3. The third-order valence-corrected chi connectivity index (χ3v) is 2.63. The van der Waals surface area contributed by atoms with Gasteiger partial charge in [0.1, 0.15) is 5.02 Å². The van der Waals surface area contributed by atoms with E-state index in [-0.39, 0.29) is 0 Å². The van der Waals surface area contributed by atoms with Gasteiger partial charge in [-0.25, -0.2) is 4.98 Å². The number of nitrogens with one attached hydrogen (secondary N) is 1. The predicted octanol–water partition coefficient (Wildman–Crippen LogP) is 3.41. The molecule has 0 amide bonds. The molecular formula is C13H21ClN2O. The topological polar surface area (TPSA) is 34.1 Å². The van der Waals surface area contributed by atoms with Gasteiger partial charge in [-0.1, -0.05) is 31.9 Å². The van der Waals surface area contributed by atoms with Crippen molar-refractivity contribution in [2.24, 2.45) is 0 Å². The second kappa shape index (κ2) is 8.31. The van der Waals surface area contributed by atoms with E-state index in [4.69, 9.17) is 16.3 Å². The Hall–Kier alpha value is -0.800. The van der Waals surface area contributed by atoms with Gasteiger partial charge in [0.05, 0.1) is 6.61 Å². The lowest BCUT2D eigenvalue weighted by Gasteiger charge is -2.08. The maximum Gasteiger partial charge on any atom is 0.232 e. The lowest BCUT2D eigenvalue weighted by atomic mass is 10.3. The summed E-state index contributed by atoms with van der Waals surface area (Å²) in [5, 5.41) is 3.91. The molecule has 0 aromatic carbocycles. The lowest BCUT2D eigenvalue weighted by molar-refractivity contribution is 0.298. The van der Waals surface area contributed by atoms with Gasteiger partial charge < -0.3 is 10.1 Å². The number of halogens is 1. The number of rotatable bonds is 8. The van der Waals surface area contributed by atoms with E-state index in [9.17, 15) is 0 Å². The zero-order chi connectivity index (χ0) is 12.5. The summed E-state index contributed by atoms with van der Waals surface area (Å²) in [5.74, 6) is 0.541. The number of pyridine rings is 1. The molecule has 1 aromatic heterocycles. The average Bonchev–Trinajstić information content (AvgIpc) is 2.32. The molecule has 0 radical (unpaired) electrons. The largest absolute Gasteiger partial charge is 0.477 e. The van der Waals surface area contributed by atoms with Crippen LogP contribution in [0.4, 0.5) is 0 Å². The van der Waals surface area contributed by atoms with Gasteiger partial charge in [0, 0.05) is 12.7 Å². The van der Waals surface area contributed by atoms with Gasteiger partial charge in [0.2, 0.25) is 5.88 Å². The van der Waals surface area contributed by atoms with E-state index in [2.05, 4.69) is 24.1 Å². The van der Waals surface area contributed by atoms with E-state index in [0.29, 0.717) is 17.5 Å². The highest BCUT2D eigenvalue weighted by Crippen LogP contribution is 2.22. The number of hydrogen-bond acceptors (Lipinski definition) is 3. The minimum Gasteiger partial charge on any atom is -0.477 e. The number of nitrogens with zero attached hydrogens (tertiary/aromatic N) is 1. The zero-order valence-corrected chi connectivity index (χ0v) is 11.4. The van der Waals surface area contributed by atoms with Crippen molar-refractivity contribution < 1.29 is 4.74 Å². The maximum atomic E-state index is 6.11. The van der Waals surface area contributed by atoms with Gasteiger partial charge in [0.15, 0.2) is 0 Å². The molecule has 0 saturated carbocycles. The summed E-state index contributed by atoms with van der Waals surface area (Å²) in [6.07, 6.45) is 5.07. The van der Waals surface area contributed by atoms with Gasteiger partial charge in [-0.2, -0.15) is 0 Å². The fraction of sp³-hybridized carbons (Fsp3) is 0.615. The van der Waals surface area contributed by atoms with E-state index in [1.54, 1.807) is 0 Å². The van der Waals surface area contributed by atoms with Crippen molar-refractivity contribution in [1.82, 2.24) is 10.3 Å². The first-order valence-electron chi connectivity index (χ1n) is 6.25. The van der Waals surface area contributed by atoms with Crippen molar-refractivity contribution in [3.05, 3.63) is 22.8 Å². The third kappa shape index (κ3) is 5.37. The zero-order valence-electron chi connectivity index (χ0n) is 10.6. The summed E-state index contributed by atoms with van der Waals surface area (Å²) in [7, 11) is 0. The van der Waals surface area contributed by atoms with Gasteiger partial charge in [-0.3, -0.25) is 0 Å². The van der Waals surface area contributed by atoms with Crippen LogP contribution < -0.4 is 10.1 Å². The van der Waals surface area contributed by atoms with Crippen molar-refractivity contribution in [1.29, 1.82) is 0 Å². The van der Waals surface area contributed by atoms with Crippen LogP contribution in [0.15, 0.2) is 12.3 Å². The Morgan fingerprint density at radius 3 is 2.82 bits per heavy atom. The van der Waals surface area contributed by atoms with Gasteiger partial charge in [0.25, 0.3) is 0 Å². The van der Waals surface area contributed by atoms with Crippen LogP contribution in [-0.4, -0.2) is 18.1 Å². The molecule has 0 aliphatic carbocycles. The van der Waals surface area contributed by atoms with Crippen LogP contribution in [0.2, 0.25) is 5.02 Å². The predicted molar refractivity (Wildman–Crippen MR) is 71.6 cm³/mol. The Balaban J connectivity index is 2.47. The maximum absolute atomic E-state index is 6.11. The highest BCUT2D eigenvalue weighted by atomic mass is 35.5. The summed E-state index contributed by atoms with van der Waals surface area (Å²) < 4.78 is 5.49. The molecule has 96 valence electrons. The Kier molecular flexibility index (Phi) is 6.97. The summed E-state index contributed by atoms with van der Waals surface area (Å²) in [6, 6.07) is 1.92. The molecule has 17 heavy (non-hydrogen) atoms. The van der Waals surface area contributed by atoms with Crippen molar-refractivity contribution in [3.63, 3.8) is 0 Å². The average molecular weight is 257 g/mol. The number of ether oxygens (including phenoxy) is 1. The first-order chi connectivity index (χ1) is 8.27. The molecular weight excluding hydrogens is 236 g/mol. The fourth-order valence-corrected chi connectivity index (χ4v) is 1.63. The summed E-state index contributed by atoms with van der Waals surface area (Å²) in [5.41, 5.74) is 1.09. The number of unbranched alkanes of at least 4 members (excludes halogenated alkanes) is 1. The SMILES string of the molecule is CCCCOc1ncc(CNCCC)cc1Cl. The van der Waals surface area contributed by atoms with E-state index in [1.807, 2.05) is 12.3 Å². The molecule has 1 heterocycles. The van der Waals surface area contributed by atoms with E-state index >= 15 is 0 Å². The molecule has 0 spiro atoms. The van der Waals surface area contributed by atoms with Crippen LogP contribution in [0.3, 0.4) is 0 Å². The van der Waals surface area contributed by atoms with Crippen molar-refractivity contribution in [3.8, 4) is 5.88 Å². The number of hydrogen-bond donors (Lipinski definition) is 1. The molecule has 0 saturated heterocycles. The Morgan fingerprint density at radius 1 is 1.35 bits per heavy atom. The van der Waals surface area contributed by atoms with Crippen molar-refractivity contribution in [2.75, 3.05) is 13.2 Å². The molecule has 1 aromatic rings. The molecule has 0 atom stereocenters. The molecule has 0 aliphatic rings. The Morgan fingerprint density at radius 2 is 2.18 bits per heavy atom. The molecule has 1 N–H and O–H groups in total. The Labute approximate surface area is 109 Å². The van der Waals surface area contributed by atoms with E-state index in [0.717, 1.165) is 37.9 Å². The molecule has 3 nitrogen and oxygen atoms in total. The quantitative estimate of drug-likeness (QED) is 0.724. The molecule has 0 bridgehead atoms. The smallest absolute Gasteiger partial charge is 0.232 e. The fourth-order valence-electron chi connectivity index (χ4n) is 1.39. The Bertz CT molecular complexity index is 331. The summed E-state index contributed by atoms with van der Waals surface area (Å²) in [4.78, 5) is 4.23. The molecule has 1 rings (SSSR count). The van der Waals surface area contributed by atoms with Crippen LogP contribution >= 0.6 is 11.6 Å². The molecule has 0 fully saturated rings. The summed E-state index contributed by atoms with van der Waals surface area (Å²) >= 11 is 6.11. The third-order valence-electron chi connectivity index (χ3n) is 2.36. The van der Waals surface area contributed by atoms with Crippen molar-refractivity contribution >= 4 is 11.6 Å². The molecule has 0 aliphatic heterocycles. The van der Waals surface area contributed by atoms with Gasteiger partial charge in [-0.05, 0) is 31.0 Å². The van der Waals surface area contributed by atoms with Crippen LogP contribution in [0, 0.1) is 0 Å². The molecule has 4 heteroatoms. The first kappa shape index (κ1) is 14.3.